The van der Waals surface area contributed by atoms with Crippen molar-refractivity contribution in [3.05, 3.63) is 53.5 Å². The average molecular weight is 354 g/mol. The van der Waals surface area contributed by atoms with E-state index in [4.69, 9.17) is 10.00 Å². The van der Waals surface area contributed by atoms with Gasteiger partial charge < -0.3 is 9.64 Å². The van der Waals surface area contributed by atoms with E-state index in [1.165, 1.54) is 6.07 Å². The van der Waals surface area contributed by atoms with Crippen LogP contribution in [0.25, 0.3) is 5.57 Å². The van der Waals surface area contributed by atoms with E-state index in [1.807, 2.05) is 23.9 Å². The lowest BCUT2D eigenvalue weighted by Gasteiger charge is -2.28. The molecular formula is C20H23FN4O. The molecule has 2 aromatic rings. The van der Waals surface area contributed by atoms with Gasteiger partial charge in [0.05, 0.1) is 23.2 Å². The molecular weight excluding hydrogens is 331 g/mol. The fourth-order valence-corrected chi connectivity index (χ4v) is 3.10. The summed E-state index contributed by atoms with van der Waals surface area (Å²) < 4.78 is 21.8. The summed E-state index contributed by atoms with van der Waals surface area (Å²) in [5.74, 6) is 0.0239. The van der Waals surface area contributed by atoms with Crippen LogP contribution in [-0.4, -0.2) is 34.8 Å². The Morgan fingerprint density at radius 1 is 1.42 bits per heavy atom. The zero-order valence-electron chi connectivity index (χ0n) is 15.2. The maximum Gasteiger partial charge on any atom is 0.240 e. The molecule has 0 spiro atoms. The number of hydrogen-bond donors (Lipinski definition) is 0. The third-order valence-corrected chi connectivity index (χ3v) is 4.77. The van der Waals surface area contributed by atoms with Gasteiger partial charge in [-0.25, -0.2) is 4.39 Å². The van der Waals surface area contributed by atoms with E-state index < -0.39 is 5.82 Å². The normalized spacial score (nSPS) is 15.6. The van der Waals surface area contributed by atoms with Crippen molar-refractivity contribution in [2.45, 2.75) is 32.4 Å². The number of nitriles is 1. The molecule has 2 heterocycles. The van der Waals surface area contributed by atoms with Crippen LogP contribution in [0.1, 0.15) is 42.5 Å². The number of allylic oxidation sites excluding steroid dienone is 1. The zero-order chi connectivity index (χ0) is 18.7. The van der Waals surface area contributed by atoms with E-state index in [0.717, 1.165) is 37.1 Å². The number of hydrogen-bond acceptors (Lipinski definition) is 4. The molecule has 6 heteroatoms. The minimum atomic E-state index is -0.448. The van der Waals surface area contributed by atoms with Gasteiger partial charge in [0.25, 0.3) is 0 Å². The molecule has 1 fully saturated rings. The summed E-state index contributed by atoms with van der Waals surface area (Å²) >= 11 is 0. The Hall–Kier alpha value is -2.65. The first-order valence-electron chi connectivity index (χ1n) is 8.73. The van der Waals surface area contributed by atoms with Crippen molar-refractivity contribution in [3.63, 3.8) is 0 Å². The number of rotatable bonds is 5. The first-order chi connectivity index (χ1) is 12.5. The maximum atomic E-state index is 14.1. The van der Waals surface area contributed by atoms with Gasteiger partial charge in [0, 0.05) is 11.8 Å². The number of likely N-dealkylation sites (tertiary alicyclic amines) is 1. The average Bonchev–Trinajstić information content (AvgIpc) is 3.05. The van der Waals surface area contributed by atoms with E-state index in [0.29, 0.717) is 23.0 Å². The van der Waals surface area contributed by atoms with Crippen molar-refractivity contribution in [3.8, 4) is 11.9 Å². The molecule has 26 heavy (non-hydrogen) atoms. The van der Waals surface area contributed by atoms with Gasteiger partial charge in [0.1, 0.15) is 12.4 Å². The Labute approximate surface area is 153 Å². The molecule has 0 saturated carbocycles. The quantitative estimate of drug-likeness (QED) is 0.820. The molecule has 0 aliphatic carbocycles. The predicted molar refractivity (Wildman–Crippen MR) is 98.2 cm³/mol. The second-order valence-corrected chi connectivity index (χ2v) is 6.85. The summed E-state index contributed by atoms with van der Waals surface area (Å²) in [5.41, 5.74) is 2.39. The van der Waals surface area contributed by atoms with E-state index >= 15 is 0 Å². The molecule has 0 bridgehead atoms. The van der Waals surface area contributed by atoms with Crippen molar-refractivity contribution >= 4 is 5.57 Å². The summed E-state index contributed by atoms with van der Waals surface area (Å²) in [5, 5.41) is 13.4. The lowest BCUT2D eigenvalue weighted by Crippen LogP contribution is -2.31. The van der Waals surface area contributed by atoms with E-state index in [-0.39, 0.29) is 6.61 Å². The molecule has 3 rings (SSSR count). The fourth-order valence-electron chi connectivity index (χ4n) is 3.10. The molecule has 1 saturated heterocycles. The Kier molecular flexibility index (Phi) is 5.38. The Morgan fingerprint density at radius 2 is 2.15 bits per heavy atom. The second-order valence-electron chi connectivity index (χ2n) is 6.85. The summed E-state index contributed by atoms with van der Waals surface area (Å²) in [6, 6.07) is 6.64. The third-order valence-electron chi connectivity index (χ3n) is 4.77. The van der Waals surface area contributed by atoms with E-state index in [1.54, 1.807) is 12.1 Å². The standard InChI is InChI=1S/C20H23FN4O/c1-14(2)18-12-25(17-6-8-24(3)9-7-17)23-20(18)26-13-16-5-4-15(11-22)10-19(16)21/h4-5,10,12,17H,1,6-9,13H2,2-3H3. The maximum absolute atomic E-state index is 14.1. The summed E-state index contributed by atoms with van der Waals surface area (Å²) in [6.45, 7) is 8.05. The van der Waals surface area contributed by atoms with Crippen LogP contribution in [0.3, 0.4) is 0 Å². The van der Waals surface area contributed by atoms with Gasteiger partial charge in [0.15, 0.2) is 0 Å². The minimum Gasteiger partial charge on any atom is -0.471 e. The van der Waals surface area contributed by atoms with Gasteiger partial charge in [0.2, 0.25) is 5.88 Å². The molecule has 0 atom stereocenters. The number of benzene rings is 1. The van der Waals surface area contributed by atoms with Crippen LogP contribution >= 0.6 is 0 Å². The van der Waals surface area contributed by atoms with Crippen LogP contribution in [0.15, 0.2) is 31.0 Å². The highest BCUT2D eigenvalue weighted by Gasteiger charge is 2.22. The van der Waals surface area contributed by atoms with Crippen molar-refractivity contribution in [1.29, 1.82) is 5.26 Å². The molecule has 1 aliphatic rings. The molecule has 0 unspecified atom stereocenters. The van der Waals surface area contributed by atoms with Crippen LogP contribution in [0.5, 0.6) is 5.88 Å². The highest BCUT2D eigenvalue weighted by atomic mass is 19.1. The van der Waals surface area contributed by atoms with Crippen LogP contribution in [0, 0.1) is 17.1 Å². The first-order valence-corrected chi connectivity index (χ1v) is 8.73. The molecule has 1 aromatic carbocycles. The van der Waals surface area contributed by atoms with E-state index in [2.05, 4.69) is 23.6 Å². The SMILES string of the molecule is C=C(C)c1cn(C2CCN(C)CC2)nc1OCc1ccc(C#N)cc1F. The fraction of sp³-hybridized carbons (Fsp3) is 0.400. The van der Waals surface area contributed by atoms with Gasteiger partial charge in [-0.15, -0.1) is 5.10 Å². The van der Waals surface area contributed by atoms with Crippen LogP contribution in [0.2, 0.25) is 0 Å². The number of aromatic nitrogens is 2. The van der Waals surface area contributed by atoms with Crippen molar-refractivity contribution in [2.75, 3.05) is 20.1 Å². The van der Waals surface area contributed by atoms with Crippen LogP contribution in [-0.2, 0) is 6.61 Å². The summed E-state index contributed by atoms with van der Waals surface area (Å²) in [7, 11) is 2.12. The number of ether oxygens (including phenoxy) is 1. The minimum absolute atomic E-state index is 0.0578. The van der Waals surface area contributed by atoms with Gasteiger partial charge in [-0.3, -0.25) is 4.68 Å². The largest absolute Gasteiger partial charge is 0.471 e. The number of piperidine rings is 1. The highest BCUT2D eigenvalue weighted by Crippen LogP contribution is 2.29. The zero-order valence-corrected chi connectivity index (χ0v) is 15.2. The van der Waals surface area contributed by atoms with Gasteiger partial charge in [-0.1, -0.05) is 12.6 Å². The molecule has 136 valence electrons. The first kappa shape index (κ1) is 18.2. The monoisotopic (exact) mass is 354 g/mol. The smallest absolute Gasteiger partial charge is 0.240 e. The summed E-state index contributed by atoms with van der Waals surface area (Å²) in [6.07, 6.45) is 4.05. The number of halogens is 1. The van der Waals surface area contributed by atoms with Gasteiger partial charge in [-0.2, -0.15) is 5.26 Å². The molecule has 0 N–H and O–H groups in total. The van der Waals surface area contributed by atoms with Gasteiger partial charge >= 0.3 is 0 Å². The topological polar surface area (TPSA) is 54.1 Å². The highest BCUT2D eigenvalue weighted by molar-refractivity contribution is 5.64. The number of nitrogens with zero attached hydrogens (tertiary/aromatic N) is 4. The van der Waals surface area contributed by atoms with Crippen LogP contribution in [0.4, 0.5) is 4.39 Å². The molecule has 5 nitrogen and oxygen atoms in total. The lowest BCUT2D eigenvalue weighted by atomic mass is 10.1. The lowest BCUT2D eigenvalue weighted by molar-refractivity contribution is 0.208. The molecule has 1 aliphatic heterocycles. The predicted octanol–water partition coefficient (Wildman–Crippen LogP) is 3.77. The molecule has 1 aromatic heterocycles. The van der Waals surface area contributed by atoms with Crippen molar-refractivity contribution in [2.24, 2.45) is 0 Å². The third kappa shape index (κ3) is 3.94. The Morgan fingerprint density at radius 3 is 2.77 bits per heavy atom. The van der Waals surface area contributed by atoms with Crippen LogP contribution < -0.4 is 4.74 Å². The second kappa shape index (κ2) is 7.71. The Balaban J connectivity index is 1.76. The van der Waals surface area contributed by atoms with Crippen molar-refractivity contribution in [1.82, 2.24) is 14.7 Å². The molecule has 0 amide bonds. The van der Waals surface area contributed by atoms with Gasteiger partial charge in [-0.05, 0) is 57.6 Å². The molecule has 0 radical (unpaired) electrons. The Bertz CT molecular complexity index is 844. The summed E-state index contributed by atoms with van der Waals surface area (Å²) in [4.78, 5) is 2.31. The van der Waals surface area contributed by atoms with E-state index in [9.17, 15) is 4.39 Å². The van der Waals surface area contributed by atoms with Crippen molar-refractivity contribution < 1.29 is 9.13 Å².